The van der Waals surface area contributed by atoms with Crippen molar-refractivity contribution in [2.24, 2.45) is 0 Å². The molecule has 0 aromatic heterocycles. The van der Waals surface area contributed by atoms with Crippen LogP contribution in [0.15, 0.2) is 42.5 Å². The molecule has 0 bridgehead atoms. The molecule has 0 unspecified atom stereocenters. The Balaban J connectivity index is 2.41. The van der Waals surface area contributed by atoms with Crippen molar-refractivity contribution in [1.82, 2.24) is 0 Å². The third kappa shape index (κ3) is 2.84. The second kappa shape index (κ2) is 5.27. The first-order valence-corrected chi connectivity index (χ1v) is 6.38. The quantitative estimate of drug-likeness (QED) is 0.779. The van der Waals surface area contributed by atoms with Crippen molar-refractivity contribution in [2.75, 3.05) is 19.0 Å². The number of hydrogen-bond acceptors (Lipinski definition) is 2. The summed E-state index contributed by atoms with van der Waals surface area (Å²) in [6.45, 7) is 4.02. The molecule has 0 saturated carbocycles. The van der Waals surface area contributed by atoms with Gasteiger partial charge in [-0.3, -0.25) is 4.79 Å². The number of ketones is 1. The van der Waals surface area contributed by atoms with Crippen molar-refractivity contribution >= 4 is 11.5 Å². The number of carbonyl (C=O) groups excluding carboxylic acids is 1. The average Bonchev–Trinajstić information content (AvgIpc) is 2.38. The number of anilines is 1. The van der Waals surface area contributed by atoms with Crippen LogP contribution >= 0.6 is 0 Å². The second-order valence-electron chi connectivity index (χ2n) is 5.09. The molecule has 2 rings (SSSR count). The van der Waals surface area contributed by atoms with Crippen molar-refractivity contribution in [3.8, 4) is 0 Å². The molecule has 2 aromatic rings. The van der Waals surface area contributed by atoms with E-state index < -0.39 is 0 Å². The molecule has 0 saturated heterocycles. The van der Waals surface area contributed by atoms with E-state index in [2.05, 4.69) is 0 Å². The first-order chi connectivity index (χ1) is 8.99. The maximum Gasteiger partial charge on any atom is 0.193 e. The van der Waals surface area contributed by atoms with Crippen LogP contribution in [-0.2, 0) is 0 Å². The average molecular weight is 253 g/mol. The Morgan fingerprint density at radius 1 is 1.00 bits per heavy atom. The number of nitrogens with zero attached hydrogens (tertiary/aromatic N) is 1. The summed E-state index contributed by atoms with van der Waals surface area (Å²) in [6, 6.07) is 13.7. The molecule has 0 amide bonds. The fourth-order valence-corrected chi connectivity index (χ4v) is 2.15. The van der Waals surface area contributed by atoms with Crippen LogP contribution in [0.25, 0.3) is 0 Å². The van der Waals surface area contributed by atoms with Crippen molar-refractivity contribution in [3.05, 3.63) is 64.7 Å². The fraction of sp³-hybridized carbons (Fsp3) is 0.235. The van der Waals surface area contributed by atoms with Gasteiger partial charge in [-0.25, -0.2) is 0 Å². The van der Waals surface area contributed by atoms with E-state index >= 15 is 0 Å². The van der Waals surface area contributed by atoms with E-state index in [1.54, 1.807) is 0 Å². The summed E-state index contributed by atoms with van der Waals surface area (Å²) in [5.74, 6) is 0.0844. The standard InChI is InChI=1S/C17H19NO/c1-12-8-9-16(13(2)10-12)17(19)14-6-5-7-15(11-14)18(3)4/h5-11H,1-4H3. The Hall–Kier alpha value is -2.09. The Bertz CT molecular complexity index is 614. The molecule has 2 heteroatoms. The van der Waals surface area contributed by atoms with Crippen LogP contribution in [0.3, 0.4) is 0 Å². The lowest BCUT2D eigenvalue weighted by molar-refractivity contribution is 0.103. The Morgan fingerprint density at radius 3 is 2.37 bits per heavy atom. The van der Waals surface area contributed by atoms with Crippen molar-refractivity contribution in [3.63, 3.8) is 0 Å². The minimum absolute atomic E-state index is 0.0844. The third-order valence-corrected chi connectivity index (χ3v) is 3.25. The molecule has 0 N–H and O–H groups in total. The van der Waals surface area contributed by atoms with Gasteiger partial charge in [-0.15, -0.1) is 0 Å². The molecule has 0 aliphatic heterocycles. The predicted molar refractivity (Wildman–Crippen MR) is 80.1 cm³/mol. The summed E-state index contributed by atoms with van der Waals surface area (Å²) in [7, 11) is 3.95. The van der Waals surface area contributed by atoms with Crippen LogP contribution < -0.4 is 4.90 Å². The number of carbonyl (C=O) groups is 1. The highest BCUT2D eigenvalue weighted by atomic mass is 16.1. The number of rotatable bonds is 3. The van der Waals surface area contributed by atoms with Gasteiger partial charge >= 0.3 is 0 Å². The predicted octanol–water partition coefficient (Wildman–Crippen LogP) is 3.60. The SMILES string of the molecule is Cc1ccc(C(=O)c2cccc(N(C)C)c2)c(C)c1. The highest BCUT2D eigenvalue weighted by Crippen LogP contribution is 2.19. The summed E-state index contributed by atoms with van der Waals surface area (Å²) in [6.07, 6.45) is 0. The van der Waals surface area contributed by atoms with Gasteiger partial charge in [0.2, 0.25) is 0 Å². The molecule has 0 aliphatic rings. The zero-order chi connectivity index (χ0) is 14.0. The maximum atomic E-state index is 12.5. The normalized spacial score (nSPS) is 10.3. The smallest absolute Gasteiger partial charge is 0.193 e. The molecule has 19 heavy (non-hydrogen) atoms. The molecule has 2 nitrogen and oxygen atoms in total. The van der Waals surface area contributed by atoms with Crippen molar-refractivity contribution in [1.29, 1.82) is 0 Å². The lowest BCUT2D eigenvalue weighted by atomic mass is 9.97. The fourth-order valence-electron chi connectivity index (χ4n) is 2.15. The molecule has 98 valence electrons. The van der Waals surface area contributed by atoms with Gasteiger partial charge in [0.05, 0.1) is 0 Å². The second-order valence-corrected chi connectivity index (χ2v) is 5.09. The van der Waals surface area contributed by atoms with Crippen LogP contribution in [-0.4, -0.2) is 19.9 Å². The molecule has 0 spiro atoms. The van der Waals surface area contributed by atoms with E-state index in [0.29, 0.717) is 0 Å². The summed E-state index contributed by atoms with van der Waals surface area (Å²) in [5, 5.41) is 0. The lowest BCUT2D eigenvalue weighted by Gasteiger charge is -2.13. The number of aryl methyl sites for hydroxylation is 2. The zero-order valence-electron chi connectivity index (χ0n) is 11.9. The molecule has 0 radical (unpaired) electrons. The Kier molecular flexibility index (Phi) is 3.70. The lowest BCUT2D eigenvalue weighted by Crippen LogP contribution is -2.10. The van der Waals surface area contributed by atoms with Crippen LogP contribution in [0.2, 0.25) is 0 Å². The van der Waals surface area contributed by atoms with Gasteiger partial charge in [-0.05, 0) is 31.5 Å². The van der Waals surface area contributed by atoms with E-state index in [0.717, 1.165) is 22.4 Å². The van der Waals surface area contributed by atoms with E-state index in [-0.39, 0.29) is 5.78 Å². The van der Waals surface area contributed by atoms with Gasteiger partial charge in [0, 0.05) is 30.9 Å². The van der Waals surface area contributed by atoms with Gasteiger partial charge in [-0.2, -0.15) is 0 Å². The zero-order valence-corrected chi connectivity index (χ0v) is 11.9. The molecule has 0 atom stereocenters. The Labute approximate surface area is 114 Å². The summed E-state index contributed by atoms with van der Waals surface area (Å²) in [4.78, 5) is 14.5. The van der Waals surface area contributed by atoms with Gasteiger partial charge < -0.3 is 4.90 Å². The first kappa shape index (κ1) is 13.3. The highest BCUT2D eigenvalue weighted by molar-refractivity contribution is 6.10. The topological polar surface area (TPSA) is 20.3 Å². The van der Waals surface area contributed by atoms with Gasteiger partial charge in [-0.1, -0.05) is 35.9 Å². The highest BCUT2D eigenvalue weighted by Gasteiger charge is 2.12. The van der Waals surface area contributed by atoms with E-state index in [9.17, 15) is 4.79 Å². The number of hydrogen-bond donors (Lipinski definition) is 0. The van der Waals surface area contributed by atoms with Gasteiger partial charge in [0.25, 0.3) is 0 Å². The summed E-state index contributed by atoms with van der Waals surface area (Å²) < 4.78 is 0. The first-order valence-electron chi connectivity index (χ1n) is 6.38. The molecular formula is C17H19NO. The van der Waals surface area contributed by atoms with Crippen LogP contribution in [0, 0.1) is 13.8 Å². The minimum atomic E-state index is 0.0844. The van der Waals surface area contributed by atoms with Crippen LogP contribution in [0.5, 0.6) is 0 Å². The van der Waals surface area contributed by atoms with Gasteiger partial charge in [0.15, 0.2) is 5.78 Å². The molecule has 0 aliphatic carbocycles. The van der Waals surface area contributed by atoms with Crippen LogP contribution in [0.4, 0.5) is 5.69 Å². The third-order valence-electron chi connectivity index (χ3n) is 3.25. The Morgan fingerprint density at radius 2 is 1.74 bits per heavy atom. The molecule has 0 heterocycles. The minimum Gasteiger partial charge on any atom is -0.378 e. The summed E-state index contributed by atoms with van der Waals surface area (Å²) >= 11 is 0. The van der Waals surface area contributed by atoms with E-state index in [1.807, 2.05) is 75.3 Å². The van der Waals surface area contributed by atoms with Crippen molar-refractivity contribution < 1.29 is 4.79 Å². The summed E-state index contributed by atoms with van der Waals surface area (Å²) in [5.41, 5.74) is 4.76. The van der Waals surface area contributed by atoms with E-state index in [4.69, 9.17) is 0 Å². The number of benzene rings is 2. The molecular weight excluding hydrogens is 234 g/mol. The maximum absolute atomic E-state index is 12.5. The van der Waals surface area contributed by atoms with Crippen molar-refractivity contribution in [2.45, 2.75) is 13.8 Å². The van der Waals surface area contributed by atoms with Gasteiger partial charge in [0.1, 0.15) is 0 Å². The largest absolute Gasteiger partial charge is 0.378 e. The van der Waals surface area contributed by atoms with Crippen LogP contribution in [0.1, 0.15) is 27.0 Å². The molecule has 2 aromatic carbocycles. The monoisotopic (exact) mass is 253 g/mol. The van der Waals surface area contributed by atoms with E-state index in [1.165, 1.54) is 5.56 Å². The molecule has 0 fully saturated rings.